The second-order valence-corrected chi connectivity index (χ2v) is 6.17. The van der Waals surface area contributed by atoms with E-state index in [4.69, 9.17) is 4.74 Å². The van der Waals surface area contributed by atoms with Gasteiger partial charge >= 0.3 is 5.97 Å². The van der Waals surface area contributed by atoms with Crippen LogP contribution < -0.4 is 0 Å². The van der Waals surface area contributed by atoms with E-state index in [9.17, 15) is 14.7 Å². The monoisotopic (exact) mass is 369 g/mol. The van der Waals surface area contributed by atoms with E-state index >= 15 is 0 Å². The third kappa shape index (κ3) is 4.74. The molecule has 1 heterocycles. The summed E-state index contributed by atoms with van der Waals surface area (Å²) in [6.45, 7) is 4.13. The summed E-state index contributed by atoms with van der Waals surface area (Å²) in [7, 11) is 1.29. The third-order valence-electron chi connectivity index (χ3n) is 4.55. The SMILES string of the molecule is CC.COC(=O)C1CC(O)CN1C(=O)C(c1ccccc1)c1ccccc1. The van der Waals surface area contributed by atoms with Crippen molar-refractivity contribution in [3.63, 3.8) is 0 Å². The summed E-state index contributed by atoms with van der Waals surface area (Å²) in [6.07, 6.45) is -0.519. The molecule has 1 aliphatic heterocycles. The Kier molecular flexibility index (Phi) is 7.55. The number of likely N-dealkylation sites (tertiary alicyclic amines) is 1. The molecule has 5 heteroatoms. The number of ether oxygens (including phenoxy) is 1. The van der Waals surface area contributed by atoms with Gasteiger partial charge in [0, 0.05) is 13.0 Å². The Morgan fingerprint density at radius 1 is 1.00 bits per heavy atom. The van der Waals surface area contributed by atoms with E-state index in [1.54, 1.807) is 0 Å². The topological polar surface area (TPSA) is 66.8 Å². The number of aliphatic hydroxyl groups is 1. The van der Waals surface area contributed by atoms with Gasteiger partial charge in [-0.25, -0.2) is 4.79 Å². The van der Waals surface area contributed by atoms with Crippen molar-refractivity contribution in [3.05, 3.63) is 71.8 Å². The van der Waals surface area contributed by atoms with Crippen molar-refractivity contribution in [2.24, 2.45) is 0 Å². The van der Waals surface area contributed by atoms with Crippen LogP contribution in [0.15, 0.2) is 60.7 Å². The van der Waals surface area contributed by atoms with Gasteiger partial charge in [-0.1, -0.05) is 74.5 Å². The highest BCUT2D eigenvalue weighted by Gasteiger charge is 2.42. The number of nitrogens with zero attached hydrogens (tertiary/aromatic N) is 1. The molecule has 5 nitrogen and oxygen atoms in total. The molecule has 1 fully saturated rings. The lowest BCUT2D eigenvalue weighted by Crippen LogP contribution is -2.43. The van der Waals surface area contributed by atoms with Crippen LogP contribution in [0, 0.1) is 0 Å². The van der Waals surface area contributed by atoms with Crippen LogP contribution >= 0.6 is 0 Å². The van der Waals surface area contributed by atoms with Crippen molar-refractivity contribution in [2.45, 2.75) is 38.3 Å². The molecule has 2 aromatic rings. The second kappa shape index (κ2) is 9.88. The molecule has 1 N–H and O–H groups in total. The fourth-order valence-corrected chi connectivity index (χ4v) is 3.35. The number of amides is 1. The molecular weight excluding hydrogens is 342 g/mol. The Morgan fingerprint density at radius 3 is 1.93 bits per heavy atom. The average Bonchev–Trinajstić information content (AvgIpc) is 3.12. The van der Waals surface area contributed by atoms with Crippen molar-refractivity contribution in [1.29, 1.82) is 0 Å². The Morgan fingerprint density at radius 2 is 1.48 bits per heavy atom. The molecule has 2 atom stereocenters. The zero-order valence-corrected chi connectivity index (χ0v) is 16.0. The highest BCUT2D eigenvalue weighted by atomic mass is 16.5. The Labute approximate surface area is 160 Å². The molecule has 1 saturated heterocycles. The molecule has 0 spiro atoms. The summed E-state index contributed by atoms with van der Waals surface area (Å²) in [5, 5.41) is 9.98. The quantitative estimate of drug-likeness (QED) is 0.842. The maximum atomic E-state index is 13.3. The van der Waals surface area contributed by atoms with E-state index in [1.165, 1.54) is 12.0 Å². The van der Waals surface area contributed by atoms with Gasteiger partial charge < -0.3 is 14.7 Å². The number of carbonyl (C=O) groups is 2. The first-order valence-electron chi connectivity index (χ1n) is 9.28. The highest BCUT2D eigenvalue weighted by molar-refractivity contribution is 5.91. The summed E-state index contributed by atoms with van der Waals surface area (Å²) in [5.41, 5.74) is 1.70. The molecule has 0 aromatic heterocycles. The number of methoxy groups -OCH3 is 1. The zero-order valence-electron chi connectivity index (χ0n) is 16.0. The fraction of sp³-hybridized carbons (Fsp3) is 0.364. The first kappa shape index (κ1) is 20.6. The van der Waals surface area contributed by atoms with Gasteiger partial charge in [0.05, 0.1) is 19.1 Å². The first-order chi connectivity index (χ1) is 13.1. The molecule has 1 aliphatic rings. The molecule has 2 aromatic carbocycles. The number of β-amino-alcohol motifs (C(OH)–C–C–N with tert-alkyl or cyclic N) is 1. The van der Waals surface area contributed by atoms with Crippen LogP contribution in [0.25, 0.3) is 0 Å². The summed E-state index contributed by atoms with van der Waals surface area (Å²) in [5.74, 6) is -1.23. The van der Waals surface area contributed by atoms with Gasteiger partial charge in [0.1, 0.15) is 6.04 Å². The molecule has 2 unspecified atom stereocenters. The normalized spacial score (nSPS) is 18.6. The highest BCUT2D eigenvalue weighted by Crippen LogP contribution is 2.30. The molecule has 0 aliphatic carbocycles. The molecular formula is C22H27NO4. The van der Waals surface area contributed by atoms with Crippen LogP contribution in [0.4, 0.5) is 0 Å². The Balaban J connectivity index is 0.00000126. The molecule has 27 heavy (non-hydrogen) atoms. The molecule has 144 valence electrons. The second-order valence-electron chi connectivity index (χ2n) is 6.17. The number of carbonyl (C=O) groups excluding carboxylic acids is 2. The van der Waals surface area contributed by atoms with Crippen LogP contribution in [-0.2, 0) is 14.3 Å². The maximum absolute atomic E-state index is 13.3. The summed E-state index contributed by atoms with van der Waals surface area (Å²) in [4.78, 5) is 26.8. The minimum absolute atomic E-state index is 0.134. The number of hydrogen-bond acceptors (Lipinski definition) is 4. The minimum atomic E-state index is -0.748. The van der Waals surface area contributed by atoms with Gasteiger partial charge in [0.2, 0.25) is 5.91 Å². The van der Waals surface area contributed by atoms with Crippen LogP contribution in [-0.4, -0.2) is 47.7 Å². The minimum Gasteiger partial charge on any atom is -0.467 e. The predicted octanol–water partition coefficient (Wildman–Crippen LogP) is 2.98. The van der Waals surface area contributed by atoms with E-state index in [-0.39, 0.29) is 18.9 Å². The fourth-order valence-electron chi connectivity index (χ4n) is 3.35. The van der Waals surface area contributed by atoms with Crippen LogP contribution in [0.2, 0.25) is 0 Å². The van der Waals surface area contributed by atoms with Gasteiger partial charge in [-0.05, 0) is 11.1 Å². The molecule has 3 rings (SSSR count). The number of hydrogen-bond donors (Lipinski definition) is 1. The smallest absolute Gasteiger partial charge is 0.328 e. The van der Waals surface area contributed by atoms with Gasteiger partial charge in [-0.2, -0.15) is 0 Å². The van der Waals surface area contributed by atoms with Crippen LogP contribution in [0.1, 0.15) is 37.3 Å². The lowest BCUT2D eigenvalue weighted by atomic mass is 9.90. The molecule has 1 amide bonds. The summed E-state index contributed by atoms with van der Waals surface area (Å²) >= 11 is 0. The van der Waals surface area contributed by atoms with E-state index in [1.807, 2.05) is 74.5 Å². The Bertz CT molecular complexity index is 693. The van der Waals surface area contributed by atoms with Crippen molar-refractivity contribution < 1.29 is 19.4 Å². The predicted molar refractivity (Wildman–Crippen MR) is 104 cm³/mol. The Hall–Kier alpha value is -2.66. The summed E-state index contributed by atoms with van der Waals surface area (Å²) in [6, 6.07) is 18.2. The average molecular weight is 369 g/mol. The van der Waals surface area contributed by atoms with E-state index in [0.717, 1.165) is 11.1 Å². The first-order valence-corrected chi connectivity index (χ1v) is 9.28. The third-order valence-corrected chi connectivity index (χ3v) is 4.55. The number of rotatable bonds is 4. The zero-order chi connectivity index (χ0) is 19.8. The molecule has 0 saturated carbocycles. The standard InChI is InChI=1S/C20H21NO4.C2H6/c1-25-20(24)17-12-16(22)13-21(17)19(23)18(14-8-4-2-5-9-14)15-10-6-3-7-11-15;1-2/h2-11,16-18,22H,12-13H2,1H3;1-2H3. The van der Waals surface area contributed by atoms with Crippen molar-refractivity contribution in [1.82, 2.24) is 4.90 Å². The maximum Gasteiger partial charge on any atom is 0.328 e. The lowest BCUT2D eigenvalue weighted by Gasteiger charge is -2.28. The van der Waals surface area contributed by atoms with Crippen molar-refractivity contribution in [3.8, 4) is 0 Å². The number of benzene rings is 2. The van der Waals surface area contributed by atoms with E-state index in [2.05, 4.69) is 0 Å². The van der Waals surface area contributed by atoms with Crippen molar-refractivity contribution in [2.75, 3.05) is 13.7 Å². The van der Waals surface area contributed by atoms with Gasteiger partial charge in [-0.3, -0.25) is 4.79 Å². The van der Waals surface area contributed by atoms with E-state index in [0.29, 0.717) is 0 Å². The van der Waals surface area contributed by atoms with Gasteiger partial charge in [-0.15, -0.1) is 0 Å². The van der Waals surface area contributed by atoms with Gasteiger partial charge in [0.25, 0.3) is 0 Å². The van der Waals surface area contributed by atoms with Crippen LogP contribution in [0.3, 0.4) is 0 Å². The number of aliphatic hydroxyl groups excluding tert-OH is 1. The largest absolute Gasteiger partial charge is 0.467 e. The van der Waals surface area contributed by atoms with Crippen LogP contribution in [0.5, 0.6) is 0 Å². The van der Waals surface area contributed by atoms with Crippen molar-refractivity contribution >= 4 is 11.9 Å². The van der Waals surface area contributed by atoms with E-state index < -0.39 is 24.0 Å². The molecule has 0 bridgehead atoms. The lowest BCUT2D eigenvalue weighted by molar-refractivity contribution is -0.151. The van der Waals surface area contributed by atoms with Gasteiger partial charge in [0.15, 0.2) is 0 Å². The number of esters is 1. The summed E-state index contributed by atoms with van der Waals surface area (Å²) < 4.78 is 4.81. The molecule has 0 radical (unpaired) electrons.